The molecule has 0 amide bonds. The van der Waals surface area contributed by atoms with E-state index in [0.717, 1.165) is 18.7 Å². The van der Waals surface area contributed by atoms with Gasteiger partial charge >= 0.3 is 0 Å². The van der Waals surface area contributed by atoms with Crippen LogP contribution in [-0.2, 0) is 11.3 Å². The zero-order chi connectivity index (χ0) is 12.5. The lowest BCUT2D eigenvalue weighted by molar-refractivity contribution is -0.0882. The van der Waals surface area contributed by atoms with Gasteiger partial charge in [-0.15, -0.1) is 0 Å². The summed E-state index contributed by atoms with van der Waals surface area (Å²) in [6.45, 7) is 7.21. The van der Waals surface area contributed by atoms with Gasteiger partial charge in [0.05, 0.1) is 17.9 Å². The van der Waals surface area contributed by atoms with Crippen LogP contribution in [0, 0.1) is 5.82 Å². The van der Waals surface area contributed by atoms with Crippen LogP contribution in [0.5, 0.6) is 0 Å². The fourth-order valence-electron chi connectivity index (χ4n) is 2.21. The number of nitrogen functional groups attached to an aromatic ring is 1. The minimum atomic E-state index is -0.338. The Kier molecular flexibility index (Phi) is 3.35. The largest absolute Gasteiger partial charge is 0.396 e. The molecule has 0 saturated carbocycles. The Balaban J connectivity index is 2.08. The number of nitrogens with zero attached hydrogens (tertiary/aromatic N) is 1. The van der Waals surface area contributed by atoms with Crippen molar-refractivity contribution in [3.05, 3.63) is 29.6 Å². The number of halogens is 1. The van der Waals surface area contributed by atoms with Gasteiger partial charge in [0.1, 0.15) is 5.82 Å². The van der Waals surface area contributed by atoms with Crippen LogP contribution in [0.15, 0.2) is 18.2 Å². The van der Waals surface area contributed by atoms with Gasteiger partial charge in [-0.1, -0.05) is 12.1 Å². The molecule has 2 N–H and O–H groups in total. The fourth-order valence-corrected chi connectivity index (χ4v) is 2.21. The van der Waals surface area contributed by atoms with Gasteiger partial charge in [-0.25, -0.2) is 4.39 Å². The molecule has 1 aromatic rings. The van der Waals surface area contributed by atoms with E-state index in [1.807, 2.05) is 6.07 Å². The first-order valence-electron chi connectivity index (χ1n) is 5.87. The van der Waals surface area contributed by atoms with E-state index < -0.39 is 0 Å². The lowest BCUT2D eigenvalue weighted by atomic mass is 10.1. The minimum Gasteiger partial charge on any atom is -0.396 e. The van der Waals surface area contributed by atoms with Crippen LogP contribution >= 0.6 is 0 Å². The van der Waals surface area contributed by atoms with Gasteiger partial charge in [0, 0.05) is 19.6 Å². The van der Waals surface area contributed by atoms with Crippen molar-refractivity contribution in [1.82, 2.24) is 4.90 Å². The molecule has 0 aromatic heterocycles. The highest BCUT2D eigenvalue weighted by Crippen LogP contribution is 2.22. The number of hydrogen-bond donors (Lipinski definition) is 1. The number of morpholine rings is 1. The summed E-state index contributed by atoms with van der Waals surface area (Å²) in [6.07, 6.45) is 0. The molecule has 1 saturated heterocycles. The Morgan fingerprint density at radius 2 is 2.24 bits per heavy atom. The zero-order valence-corrected chi connectivity index (χ0v) is 10.4. The summed E-state index contributed by atoms with van der Waals surface area (Å²) in [5.41, 5.74) is 6.71. The van der Waals surface area contributed by atoms with Crippen LogP contribution in [0.1, 0.15) is 19.4 Å². The first-order valence-corrected chi connectivity index (χ1v) is 5.87. The molecule has 0 bridgehead atoms. The number of nitrogens with two attached hydrogens (primary N) is 1. The lowest BCUT2D eigenvalue weighted by Gasteiger charge is -2.38. The normalized spacial score (nSPS) is 20.4. The molecule has 1 heterocycles. The van der Waals surface area contributed by atoms with Crippen molar-refractivity contribution in [3.63, 3.8) is 0 Å². The van der Waals surface area contributed by atoms with E-state index in [9.17, 15) is 4.39 Å². The van der Waals surface area contributed by atoms with Gasteiger partial charge in [0.2, 0.25) is 0 Å². The standard InChI is InChI=1S/C13H19FN2O/c1-13(2)9-16(6-7-17-13)8-10-4-3-5-11(14)12(10)15/h3-5H,6-9,15H2,1-2H3. The molecule has 0 atom stereocenters. The monoisotopic (exact) mass is 238 g/mol. The second-order valence-electron chi connectivity index (χ2n) is 5.13. The molecule has 1 fully saturated rings. The van der Waals surface area contributed by atoms with E-state index in [-0.39, 0.29) is 17.1 Å². The quantitative estimate of drug-likeness (QED) is 0.801. The van der Waals surface area contributed by atoms with Crippen molar-refractivity contribution in [1.29, 1.82) is 0 Å². The Labute approximate surface area is 101 Å². The highest BCUT2D eigenvalue weighted by molar-refractivity contribution is 5.47. The predicted octanol–water partition coefficient (Wildman–Crippen LogP) is 2.02. The van der Waals surface area contributed by atoms with Crippen molar-refractivity contribution in [2.24, 2.45) is 0 Å². The van der Waals surface area contributed by atoms with Gasteiger partial charge in [-0.2, -0.15) is 0 Å². The topological polar surface area (TPSA) is 38.5 Å². The van der Waals surface area contributed by atoms with Crippen molar-refractivity contribution in [2.75, 3.05) is 25.4 Å². The maximum absolute atomic E-state index is 13.3. The Morgan fingerprint density at radius 1 is 1.47 bits per heavy atom. The maximum Gasteiger partial charge on any atom is 0.146 e. The third-order valence-corrected chi connectivity index (χ3v) is 3.04. The number of benzene rings is 1. The maximum atomic E-state index is 13.3. The van der Waals surface area contributed by atoms with E-state index in [1.165, 1.54) is 6.07 Å². The van der Waals surface area contributed by atoms with Gasteiger partial charge < -0.3 is 10.5 Å². The van der Waals surface area contributed by atoms with Crippen molar-refractivity contribution >= 4 is 5.69 Å². The van der Waals surface area contributed by atoms with Crippen LogP contribution in [0.2, 0.25) is 0 Å². The Morgan fingerprint density at radius 3 is 2.94 bits per heavy atom. The number of anilines is 1. The van der Waals surface area contributed by atoms with Gasteiger partial charge in [-0.3, -0.25) is 4.90 Å². The molecular weight excluding hydrogens is 219 g/mol. The molecule has 4 heteroatoms. The van der Waals surface area contributed by atoms with Crippen LogP contribution in [0.4, 0.5) is 10.1 Å². The molecule has 0 aliphatic carbocycles. The zero-order valence-electron chi connectivity index (χ0n) is 10.4. The highest BCUT2D eigenvalue weighted by Gasteiger charge is 2.27. The smallest absolute Gasteiger partial charge is 0.146 e. The number of para-hydroxylation sites is 1. The van der Waals surface area contributed by atoms with Crippen molar-refractivity contribution < 1.29 is 9.13 Å². The molecule has 1 aliphatic heterocycles. The van der Waals surface area contributed by atoms with Crippen LogP contribution in [-0.4, -0.2) is 30.2 Å². The van der Waals surface area contributed by atoms with Crippen LogP contribution in [0.3, 0.4) is 0 Å². The third-order valence-electron chi connectivity index (χ3n) is 3.04. The number of rotatable bonds is 2. The van der Waals surface area contributed by atoms with Crippen molar-refractivity contribution in [2.45, 2.75) is 26.0 Å². The summed E-state index contributed by atoms with van der Waals surface area (Å²) in [4.78, 5) is 2.24. The average molecular weight is 238 g/mol. The van der Waals surface area contributed by atoms with Gasteiger partial charge in [0.15, 0.2) is 0 Å². The number of ether oxygens (including phenoxy) is 1. The lowest BCUT2D eigenvalue weighted by Crippen LogP contribution is -2.47. The molecule has 3 nitrogen and oxygen atoms in total. The van der Waals surface area contributed by atoms with E-state index >= 15 is 0 Å². The van der Waals surface area contributed by atoms with E-state index in [2.05, 4.69) is 18.7 Å². The third kappa shape index (κ3) is 2.96. The molecule has 2 rings (SSSR count). The van der Waals surface area contributed by atoms with Gasteiger partial charge in [0.25, 0.3) is 0 Å². The molecule has 1 aliphatic rings. The molecule has 17 heavy (non-hydrogen) atoms. The molecule has 0 radical (unpaired) electrons. The Bertz CT molecular complexity index is 406. The summed E-state index contributed by atoms with van der Waals surface area (Å²) in [5, 5.41) is 0. The summed E-state index contributed by atoms with van der Waals surface area (Å²) in [6, 6.07) is 4.97. The number of hydrogen-bond acceptors (Lipinski definition) is 3. The second kappa shape index (κ2) is 4.63. The fraction of sp³-hybridized carbons (Fsp3) is 0.538. The van der Waals surface area contributed by atoms with Crippen LogP contribution < -0.4 is 5.73 Å². The summed E-state index contributed by atoms with van der Waals surface area (Å²) in [7, 11) is 0. The summed E-state index contributed by atoms with van der Waals surface area (Å²) >= 11 is 0. The first-order chi connectivity index (χ1) is 7.98. The average Bonchev–Trinajstić information content (AvgIpc) is 2.23. The second-order valence-corrected chi connectivity index (χ2v) is 5.13. The molecule has 1 aromatic carbocycles. The molecular formula is C13H19FN2O. The highest BCUT2D eigenvalue weighted by atomic mass is 19.1. The van der Waals surface area contributed by atoms with Gasteiger partial charge in [-0.05, 0) is 25.5 Å². The molecule has 94 valence electrons. The minimum absolute atomic E-state index is 0.139. The first kappa shape index (κ1) is 12.3. The van der Waals surface area contributed by atoms with E-state index in [4.69, 9.17) is 10.5 Å². The SMILES string of the molecule is CC1(C)CN(Cc2cccc(F)c2N)CCO1. The molecule has 0 unspecified atom stereocenters. The van der Waals surface area contributed by atoms with E-state index in [1.54, 1.807) is 6.07 Å². The summed E-state index contributed by atoms with van der Waals surface area (Å²) in [5.74, 6) is -0.338. The van der Waals surface area contributed by atoms with E-state index in [0.29, 0.717) is 13.2 Å². The molecule has 0 spiro atoms. The Hall–Kier alpha value is -1.13. The van der Waals surface area contributed by atoms with Crippen LogP contribution in [0.25, 0.3) is 0 Å². The summed E-state index contributed by atoms with van der Waals surface area (Å²) < 4.78 is 19.0. The van der Waals surface area contributed by atoms with Crippen molar-refractivity contribution in [3.8, 4) is 0 Å². The predicted molar refractivity (Wildman–Crippen MR) is 66.1 cm³/mol.